The predicted molar refractivity (Wildman–Crippen MR) is 353 cm³/mol. The smallest absolute Gasteiger partial charge is 0.462 e. The van der Waals surface area contributed by atoms with Crippen LogP contribution in [0.15, 0.2) is 109 Å². The van der Waals surface area contributed by atoms with Crippen LogP contribution in [0.1, 0.15) is 284 Å². The highest BCUT2D eigenvalue weighted by Gasteiger charge is 2.27. The topological polar surface area (TPSA) is 108 Å². The van der Waals surface area contributed by atoms with Crippen LogP contribution >= 0.6 is 7.82 Å². The van der Waals surface area contributed by atoms with Crippen LogP contribution in [0.2, 0.25) is 0 Å². The second-order valence-electron chi connectivity index (χ2n) is 23.4. The highest BCUT2D eigenvalue weighted by atomic mass is 31.2. The highest BCUT2D eigenvalue weighted by molar-refractivity contribution is 7.47. The number of hydrogen-bond donors (Lipinski definition) is 1. The fourth-order valence-corrected chi connectivity index (χ4v) is 9.95. The molecule has 2 unspecified atom stereocenters. The molecule has 0 aromatic rings. The number of phosphoric acid groups is 1. The van der Waals surface area contributed by atoms with Crippen molar-refractivity contribution in [3.63, 3.8) is 0 Å². The van der Waals surface area contributed by atoms with Crippen LogP contribution in [0, 0.1) is 0 Å². The third-order valence-corrected chi connectivity index (χ3v) is 15.3. The Morgan fingerprint density at radius 3 is 0.976 bits per heavy atom. The van der Waals surface area contributed by atoms with Crippen molar-refractivity contribution in [2.75, 3.05) is 47.5 Å². The van der Waals surface area contributed by atoms with Crippen molar-refractivity contribution in [2.45, 2.75) is 290 Å². The lowest BCUT2D eigenvalue weighted by Crippen LogP contribution is -2.37. The van der Waals surface area contributed by atoms with Crippen molar-refractivity contribution in [2.24, 2.45) is 0 Å². The van der Waals surface area contributed by atoms with Gasteiger partial charge in [0.2, 0.25) is 0 Å². The molecule has 0 aromatic heterocycles. The molecule has 0 spiro atoms. The number of carbonyl (C=O) groups is 2. The van der Waals surface area contributed by atoms with E-state index in [1.807, 2.05) is 21.1 Å². The molecule has 1 N–H and O–H groups in total. The molecule has 0 rings (SSSR count). The van der Waals surface area contributed by atoms with Gasteiger partial charge in [0.1, 0.15) is 19.8 Å². The molecular weight excluding hydrogens is 1040 g/mol. The summed E-state index contributed by atoms with van der Waals surface area (Å²) >= 11 is 0. The number of rotatable bonds is 61. The fraction of sp³-hybridized carbons (Fsp3) is 0.722. The number of allylic oxidation sites excluding steroid dienone is 18. The monoisotopic (exact) mass is 1160 g/mol. The molecule has 0 aliphatic carbocycles. The van der Waals surface area contributed by atoms with Gasteiger partial charge in [-0.1, -0.05) is 284 Å². The van der Waals surface area contributed by atoms with Crippen LogP contribution < -0.4 is 0 Å². The normalized spacial score (nSPS) is 13.9. The van der Waals surface area contributed by atoms with E-state index in [1.54, 1.807) is 0 Å². The van der Waals surface area contributed by atoms with E-state index in [0.717, 1.165) is 109 Å². The third-order valence-electron chi connectivity index (χ3n) is 14.3. The summed E-state index contributed by atoms with van der Waals surface area (Å²) in [6.45, 7) is 4.21. The molecule has 0 aromatic carbocycles. The summed E-state index contributed by atoms with van der Waals surface area (Å²) in [4.78, 5) is 35.8. The Bertz CT molecular complexity index is 1750. The van der Waals surface area contributed by atoms with Gasteiger partial charge in [0.25, 0.3) is 0 Å². The van der Waals surface area contributed by atoms with E-state index < -0.39 is 26.5 Å². The lowest BCUT2D eigenvalue weighted by atomic mass is 10.0. The van der Waals surface area contributed by atoms with Crippen molar-refractivity contribution in [3.8, 4) is 0 Å². The maximum absolute atomic E-state index is 12.9. The van der Waals surface area contributed by atoms with Gasteiger partial charge < -0.3 is 18.9 Å². The van der Waals surface area contributed by atoms with E-state index in [0.29, 0.717) is 17.4 Å². The predicted octanol–water partition coefficient (Wildman–Crippen LogP) is 21.7. The minimum atomic E-state index is -4.40. The molecule has 0 saturated heterocycles. The number of hydrogen-bond acceptors (Lipinski definition) is 7. The number of phosphoric ester groups is 1. The van der Waals surface area contributed by atoms with Gasteiger partial charge in [0.15, 0.2) is 6.10 Å². The van der Waals surface area contributed by atoms with Crippen molar-refractivity contribution in [3.05, 3.63) is 109 Å². The molecule has 0 amide bonds. The van der Waals surface area contributed by atoms with Gasteiger partial charge in [-0.3, -0.25) is 18.6 Å². The molecule has 0 radical (unpaired) electrons. The second-order valence-corrected chi connectivity index (χ2v) is 24.9. The summed E-state index contributed by atoms with van der Waals surface area (Å²) < 4.78 is 34.6. The number of ether oxygens (including phenoxy) is 2. The summed E-state index contributed by atoms with van der Waals surface area (Å²) in [5, 5.41) is 0. The van der Waals surface area contributed by atoms with Crippen molar-refractivity contribution in [1.82, 2.24) is 0 Å². The van der Waals surface area contributed by atoms with Gasteiger partial charge in [-0.15, -0.1) is 0 Å². The van der Waals surface area contributed by atoms with Gasteiger partial charge in [-0.05, 0) is 96.3 Å². The van der Waals surface area contributed by atoms with Crippen LogP contribution in [-0.4, -0.2) is 74.9 Å². The molecule has 0 heterocycles. The standard InChI is InChI=1S/C72H126NO8P/c1-6-8-10-12-14-16-18-20-22-24-26-27-28-29-30-31-32-33-34-35-36-37-38-39-40-41-42-43-44-45-47-49-51-53-55-57-59-61-63-65-72(75)81-70(69-80-82(76,77)79-67-66-73(3,4)5)68-78-71(74)64-62-60-58-56-54-52-50-48-46-25-23-21-19-17-15-13-11-9-7-2/h8-11,14-17,20-23,26-27,29-30,46,48,70H,6-7,12-13,18-19,24-25,28,31-45,47,49-69H2,1-5H3/p+1/b10-8-,11-9-,16-14-,17-15-,22-20-,23-21-,27-26-,30-29-,48-46-. The van der Waals surface area contributed by atoms with E-state index in [-0.39, 0.29) is 32.0 Å². The molecule has 82 heavy (non-hydrogen) atoms. The number of unbranched alkanes of at least 4 members (excludes halogenated alkanes) is 29. The molecule has 9 nitrogen and oxygen atoms in total. The first-order chi connectivity index (χ1) is 40.0. The number of carbonyl (C=O) groups excluding carboxylic acids is 2. The van der Waals surface area contributed by atoms with Crippen LogP contribution in [0.5, 0.6) is 0 Å². The molecule has 0 aliphatic rings. The molecule has 10 heteroatoms. The zero-order valence-corrected chi connectivity index (χ0v) is 54.6. The lowest BCUT2D eigenvalue weighted by molar-refractivity contribution is -0.870. The van der Waals surface area contributed by atoms with E-state index >= 15 is 0 Å². The Balaban J connectivity index is 3.97. The average Bonchev–Trinajstić information content (AvgIpc) is 3.46. The Labute approximate surface area is 506 Å². The van der Waals surface area contributed by atoms with Crippen LogP contribution in [0.3, 0.4) is 0 Å². The Morgan fingerprint density at radius 1 is 0.378 bits per heavy atom. The molecule has 0 fully saturated rings. The molecule has 2 atom stereocenters. The van der Waals surface area contributed by atoms with Gasteiger partial charge in [0, 0.05) is 12.8 Å². The SMILES string of the molecule is CC/C=C\C/C=C\C/C=C\C/C=C\C/C=C\CCCCCCCCCCCCCCCCCCCCCCCCCC(=O)OC(COC(=O)CCCCCCCC/C=C\C/C=C\C/C=C\C/C=C\CC)COP(=O)(O)OCC[N+](C)(C)C. The summed E-state index contributed by atoms with van der Waals surface area (Å²) in [5.41, 5.74) is 0. The maximum Gasteiger partial charge on any atom is 0.472 e. The third kappa shape index (κ3) is 65.8. The van der Waals surface area contributed by atoms with E-state index in [9.17, 15) is 19.0 Å². The molecule has 472 valence electrons. The number of esters is 2. The molecule has 0 aliphatic heterocycles. The van der Waals surface area contributed by atoms with Crippen LogP contribution in [-0.2, 0) is 32.7 Å². The number of quaternary nitrogens is 1. The summed E-state index contributed by atoms with van der Waals surface area (Å²) in [7, 11) is 1.47. The van der Waals surface area contributed by atoms with E-state index in [4.69, 9.17) is 18.5 Å². The first kappa shape index (κ1) is 78.7. The average molecular weight is 1170 g/mol. The summed E-state index contributed by atoms with van der Waals surface area (Å²) in [5.74, 6) is -0.808. The van der Waals surface area contributed by atoms with E-state index in [2.05, 4.69) is 123 Å². The van der Waals surface area contributed by atoms with Crippen molar-refractivity contribution < 1.29 is 42.1 Å². The lowest BCUT2D eigenvalue weighted by Gasteiger charge is -2.24. The fourth-order valence-electron chi connectivity index (χ4n) is 9.21. The first-order valence-corrected chi connectivity index (χ1v) is 35.1. The molecular formula is C72H127NO8P+. The zero-order chi connectivity index (χ0) is 59.8. The largest absolute Gasteiger partial charge is 0.472 e. The highest BCUT2D eigenvalue weighted by Crippen LogP contribution is 2.43. The van der Waals surface area contributed by atoms with Crippen molar-refractivity contribution >= 4 is 19.8 Å². The zero-order valence-electron chi connectivity index (χ0n) is 53.7. The first-order valence-electron chi connectivity index (χ1n) is 33.6. The van der Waals surface area contributed by atoms with Crippen LogP contribution in [0.25, 0.3) is 0 Å². The number of nitrogens with zero attached hydrogens (tertiary/aromatic N) is 1. The van der Waals surface area contributed by atoms with Crippen molar-refractivity contribution in [1.29, 1.82) is 0 Å². The quantitative estimate of drug-likeness (QED) is 0.0211. The van der Waals surface area contributed by atoms with Gasteiger partial charge in [-0.2, -0.15) is 0 Å². The summed E-state index contributed by atoms with van der Waals surface area (Å²) in [6.07, 6.45) is 87.7. The minimum absolute atomic E-state index is 0.0264. The maximum atomic E-state index is 12.9. The van der Waals surface area contributed by atoms with Gasteiger partial charge >= 0.3 is 19.8 Å². The van der Waals surface area contributed by atoms with Gasteiger partial charge in [0.05, 0.1) is 27.7 Å². The minimum Gasteiger partial charge on any atom is -0.462 e. The Hall–Kier alpha value is -3.33. The van der Waals surface area contributed by atoms with E-state index in [1.165, 1.54) is 141 Å². The molecule has 0 saturated carbocycles. The number of likely N-dealkylation sites (N-methyl/N-ethyl adjacent to an activating group) is 1. The molecule has 0 bridgehead atoms. The summed E-state index contributed by atoms with van der Waals surface area (Å²) in [6, 6.07) is 0. The van der Waals surface area contributed by atoms with Crippen LogP contribution in [0.4, 0.5) is 0 Å². The Morgan fingerprint density at radius 2 is 0.659 bits per heavy atom. The van der Waals surface area contributed by atoms with Gasteiger partial charge in [-0.25, -0.2) is 4.57 Å². The Kier molecular flexibility index (Phi) is 59.7. The second kappa shape index (κ2) is 62.2.